The van der Waals surface area contributed by atoms with Gasteiger partial charge in [-0.25, -0.2) is 4.79 Å². The number of ether oxygens (including phenoxy) is 2. The van der Waals surface area contributed by atoms with Crippen LogP contribution < -0.4 is 4.90 Å². The van der Waals surface area contributed by atoms with Crippen LogP contribution in [0, 0.1) is 13.8 Å². The highest BCUT2D eigenvalue weighted by Gasteiger charge is 2.23. The van der Waals surface area contributed by atoms with Gasteiger partial charge >= 0.3 is 11.9 Å². The van der Waals surface area contributed by atoms with Gasteiger partial charge in [0.05, 0.1) is 12.2 Å². The molecular formula is C22H28N2O5. The third-order valence-corrected chi connectivity index (χ3v) is 4.51. The number of aryl methyl sites for hydroxylation is 1. The molecule has 0 N–H and O–H groups in total. The molecule has 0 bridgehead atoms. The molecule has 156 valence electrons. The van der Waals surface area contributed by atoms with Gasteiger partial charge in [-0.3, -0.25) is 14.5 Å². The predicted molar refractivity (Wildman–Crippen MR) is 110 cm³/mol. The van der Waals surface area contributed by atoms with Crippen LogP contribution in [0.2, 0.25) is 0 Å². The molecular weight excluding hydrogens is 372 g/mol. The molecule has 1 amide bonds. The predicted octanol–water partition coefficient (Wildman–Crippen LogP) is 3.44. The Morgan fingerprint density at radius 1 is 1.07 bits per heavy atom. The van der Waals surface area contributed by atoms with Gasteiger partial charge in [0.15, 0.2) is 6.61 Å². The lowest BCUT2D eigenvalue weighted by Gasteiger charge is -2.21. The third-order valence-electron chi connectivity index (χ3n) is 4.51. The van der Waals surface area contributed by atoms with Crippen molar-refractivity contribution in [1.82, 2.24) is 4.57 Å². The molecule has 0 saturated carbocycles. The molecule has 7 heteroatoms. The summed E-state index contributed by atoms with van der Waals surface area (Å²) in [4.78, 5) is 38.4. The lowest BCUT2D eigenvalue weighted by molar-refractivity contribution is -0.142. The van der Waals surface area contributed by atoms with Crippen LogP contribution >= 0.6 is 0 Å². The van der Waals surface area contributed by atoms with E-state index in [1.165, 1.54) is 4.90 Å². The van der Waals surface area contributed by atoms with Crippen molar-refractivity contribution in [3.05, 3.63) is 53.3 Å². The molecule has 0 spiro atoms. The maximum absolute atomic E-state index is 12.7. The maximum atomic E-state index is 12.7. The molecule has 1 heterocycles. The average Bonchev–Trinajstić information content (AvgIpc) is 2.99. The Balaban J connectivity index is 2.12. The summed E-state index contributed by atoms with van der Waals surface area (Å²) in [6, 6.07) is 10.7. The molecule has 7 nitrogen and oxygen atoms in total. The fraction of sp³-hybridized carbons (Fsp3) is 0.409. The molecule has 0 aliphatic heterocycles. The largest absolute Gasteiger partial charge is 0.465 e. The van der Waals surface area contributed by atoms with E-state index in [-0.39, 0.29) is 19.2 Å². The van der Waals surface area contributed by atoms with Crippen LogP contribution in [0.3, 0.4) is 0 Å². The van der Waals surface area contributed by atoms with Crippen molar-refractivity contribution < 1.29 is 23.9 Å². The van der Waals surface area contributed by atoms with Gasteiger partial charge in [0, 0.05) is 23.1 Å². The van der Waals surface area contributed by atoms with Crippen LogP contribution in [0.5, 0.6) is 0 Å². The number of hydrogen-bond acceptors (Lipinski definition) is 5. The fourth-order valence-corrected chi connectivity index (χ4v) is 3.33. The summed E-state index contributed by atoms with van der Waals surface area (Å²) in [7, 11) is 0. The Bertz CT molecular complexity index is 871. The quantitative estimate of drug-likeness (QED) is 0.635. The molecule has 2 aromatic rings. The van der Waals surface area contributed by atoms with E-state index in [0.717, 1.165) is 11.4 Å². The topological polar surface area (TPSA) is 77.8 Å². The van der Waals surface area contributed by atoms with Crippen LogP contribution in [-0.2, 0) is 19.1 Å². The summed E-state index contributed by atoms with van der Waals surface area (Å²) in [6.45, 7) is 9.03. The van der Waals surface area contributed by atoms with E-state index in [0.29, 0.717) is 11.3 Å². The number of benzene rings is 1. The lowest BCUT2D eigenvalue weighted by Crippen LogP contribution is -2.39. The molecule has 1 aromatic carbocycles. The number of carbonyl (C=O) groups is 3. The molecule has 0 aliphatic carbocycles. The van der Waals surface area contributed by atoms with E-state index in [4.69, 9.17) is 9.47 Å². The minimum Gasteiger partial charge on any atom is -0.465 e. The zero-order valence-corrected chi connectivity index (χ0v) is 17.6. The van der Waals surface area contributed by atoms with E-state index in [9.17, 15) is 14.4 Å². The van der Waals surface area contributed by atoms with Crippen molar-refractivity contribution in [3.8, 4) is 0 Å². The Labute approximate surface area is 171 Å². The smallest absolute Gasteiger partial charge is 0.340 e. The number of para-hydroxylation sites is 1. The van der Waals surface area contributed by atoms with Crippen molar-refractivity contribution in [1.29, 1.82) is 0 Å². The first kappa shape index (κ1) is 22.2. The normalized spacial score (nSPS) is 10.7. The summed E-state index contributed by atoms with van der Waals surface area (Å²) < 4.78 is 12.3. The number of hydrogen-bond donors (Lipinski definition) is 0. The van der Waals surface area contributed by atoms with E-state index in [1.54, 1.807) is 43.3 Å². The minimum atomic E-state index is -0.567. The first-order chi connectivity index (χ1) is 13.8. The maximum Gasteiger partial charge on any atom is 0.340 e. The van der Waals surface area contributed by atoms with Crippen molar-refractivity contribution in [2.24, 2.45) is 0 Å². The van der Waals surface area contributed by atoms with E-state index < -0.39 is 24.5 Å². The third kappa shape index (κ3) is 5.47. The number of nitrogens with zero attached hydrogens (tertiary/aromatic N) is 2. The second kappa shape index (κ2) is 9.91. The van der Waals surface area contributed by atoms with Gasteiger partial charge in [-0.05, 0) is 52.8 Å². The van der Waals surface area contributed by atoms with Gasteiger partial charge in [-0.15, -0.1) is 0 Å². The van der Waals surface area contributed by atoms with Crippen LogP contribution in [0.15, 0.2) is 36.4 Å². The number of esters is 2. The monoisotopic (exact) mass is 400 g/mol. The highest BCUT2D eigenvalue weighted by Crippen LogP contribution is 2.21. The van der Waals surface area contributed by atoms with Crippen LogP contribution in [0.1, 0.15) is 48.6 Å². The van der Waals surface area contributed by atoms with E-state index in [1.807, 2.05) is 32.3 Å². The van der Waals surface area contributed by atoms with Crippen LogP contribution in [0.25, 0.3) is 0 Å². The molecule has 0 atom stereocenters. The fourth-order valence-electron chi connectivity index (χ4n) is 3.33. The van der Waals surface area contributed by atoms with Gasteiger partial charge in [0.25, 0.3) is 5.91 Å². The van der Waals surface area contributed by atoms with Gasteiger partial charge in [-0.1, -0.05) is 18.2 Å². The Hall–Kier alpha value is -3.09. The van der Waals surface area contributed by atoms with Gasteiger partial charge < -0.3 is 14.0 Å². The van der Waals surface area contributed by atoms with Crippen molar-refractivity contribution in [2.75, 3.05) is 24.7 Å². The number of anilines is 1. The first-order valence-electron chi connectivity index (χ1n) is 9.62. The summed E-state index contributed by atoms with van der Waals surface area (Å²) in [5.74, 6) is -1.60. The molecule has 29 heavy (non-hydrogen) atoms. The Kier molecular flexibility index (Phi) is 7.59. The molecule has 0 aliphatic rings. The van der Waals surface area contributed by atoms with Crippen molar-refractivity contribution >= 4 is 23.5 Å². The van der Waals surface area contributed by atoms with Crippen molar-refractivity contribution in [3.63, 3.8) is 0 Å². The van der Waals surface area contributed by atoms with Crippen LogP contribution in [-0.4, -0.2) is 42.2 Å². The molecule has 2 rings (SSSR count). The van der Waals surface area contributed by atoms with Crippen LogP contribution in [0.4, 0.5) is 5.69 Å². The number of amides is 1. The Morgan fingerprint density at radius 2 is 1.72 bits per heavy atom. The zero-order valence-electron chi connectivity index (χ0n) is 17.6. The molecule has 0 fully saturated rings. The number of aromatic nitrogens is 1. The van der Waals surface area contributed by atoms with E-state index >= 15 is 0 Å². The second-order valence-corrected chi connectivity index (χ2v) is 6.95. The summed E-state index contributed by atoms with van der Waals surface area (Å²) >= 11 is 0. The summed E-state index contributed by atoms with van der Waals surface area (Å²) in [6.07, 6.45) is 0. The minimum absolute atomic E-state index is 0.205. The average molecular weight is 400 g/mol. The Morgan fingerprint density at radius 3 is 2.28 bits per heavy atom. The first-order valence-corrected chi connectivity index (χ1v) is 9.62. The van der Waals surface area contributed by atoms with E-state index in [2.05, 4.69) is 0 Å². The zero-order chi connectivity index (χ0) is 21.6. The highest BCUT2D eigenvalue weighted by atomic mass is 16.5. The molecule has 0 saturated heterocycles. The number of carbonyl (C=O) groups excluding carboxylic acids is 3. The lowest BCUT2D eigenvalue weighted by atomic mass is 10.2. The van der Waals surface area contributed by atoms with Gasteiger partial charge in [0.2, 0.25) is 0 Å². The molecule has 0 unspecified atom stereocenters. The highest BCUT2D eigenvalue weighted by molar-refractivity contribution is 6.00. The van der Waals surface area contributed by atoms with Gasteiger partial charge in [-0.2, -0.15) is 0 Å². The SMILES string of the molecule is CCOC(=O)CN(C(=O)COC(=O)c1cc(C)n(C(C)C)c1C)c1ccccc1. The summed E-state index contributed by atoms with van der Waals surface area (Å²) in [5, 5.41) is 0. The number of rotatable bonds is 8. The van der Waals surface area contributed by atoms with Gasteiger partial charge in [0.1, 0.15) is 6.54 Å². The van der Waals surface area contributed by atoms with Crippen molar-refractivity contribution in [2.45, 2.75) is 40.7 Å². The second-order valence-electron chi connectivity index (χ2n) is 6.95. The standard InChI is InChI=1S/C22H28N2O5/c1-6-28-21(26)13-23(18-10-8-7-9-11-18)20(25)14-29-22(27)19-12-16(4)24(15(2)3)17(19)5/h7-12,15H,6,13-14H2,1-5H3. The summed E-state index contributed by atoms with van der Waals surface area (Å²) in [5.41, 5.74) is 2.70. The molecule has 1 aromatic heterocycles. The molecule has 0 radical (unpaired) electrons.